The lowest BCUT2D eigenvalue weighted by Gasteiger charge is -2.24. The zero-order valence-corrected chi connectivity index (χ0v) is 9.17. The Bertz CT molecular complexity index is 445. The van der Waals surface area contributed by atoms with E-state index in [1.807, 2.05) is 5.32 Å². The molecule has 0 aliphatic rings. The molecule has 92 valence electrons. The Labute approximate surface area is 97.5 Å². The highest BCUT2D eigenvalue weighted by Crippen LogP contribution is 2.16. The van der Waals surface area contributed by atoms with E-state index in [2.05, 4.69) is 0 Å². The van der Waals surface area contributed by atoms with Gasteiger partial charge in [0.1, 0.15) is 5.75 Å². The summed E-state index contributed by atoms with van der Waals surface area (Å²) >= 11 is 0. The Kier molecular flexibility index (Phi) is 3.69. The molecule has 0 aromatic heterocycles. The van der Waals surface area contributed by atoms with E-state index >= 15 is 0 Å². The summed E-state index contributed by atoms with van der Waals surface area (Å²) in [7, 11) is 0. The molecule has 0 spiro atoms. The molecule has 0 fully saturated rings. The monoisotopic (exact) mass is 239 g/mol. The number of carbonyl (C=O) groups is 2. The Morgan fingerprint density at radius 3 is 2.53 bits per heavy atom. The van der Waals surface area contributed by atoms with Crippen LogP contribution in [-0.4, -0.2) is 32.9 Å². The average molecular weight is 239 g/mol. The molecular weight excluding hydrogens is 226 g/mol. The van der Waals surface area contributed by atoms with E-state index in [9.17, 15) is 19.8 Å². The molecule has 0 saturated heterocycles. The van der Waals surface area contributed by atoms with Crippen LogP contribution in [0.5, 0.6) is 5.75 Å². The Morgan fingerprint density at radius 2 is 2.06 bits per heavy atom. The number of aromatic hydroxyl groups is 1. The van der Waals surface area contributed by atoms with E-state index in [1.54, 1.807) is 0 Å². The standard InChI is InChI=1S/C11H13NO5/c1-7(13)12-11(17,10(15)16)6-8-3-2-4-9(14)5-8/h2-5,14,17H,6H2,1H3,(H,12,13)(H,15,16). The van der Waals surface area contributed by atoms with Crippen LogP contribution in [0.1, 0.15) is 12.5 Å². The van der Waals surface area contributed by atoms with Crippen molar-refractivity contribution in [3.63, 3.8) is 0 Å². The van der Waals surface area contributed by atoms with Crippen molar-refractivity contribution in [2.45, 2.75) is 19.1 Å². The van der Waals surface area contributed by atoms with Crippen molar-refractivity contribution in [2.75, 3.05) is 0 Å². The molecule has 1 aromatic carbocycles. The highest BCUT2D eigenvalue weighted by molar-refractivity contribution is 5.84. The van der Waals surface area contributed by atoms with E-state index in [0.29, 0.717) is 5.56 Å². The van der Waals surface area contributed by atoms with Crippen molar-refractivity contribution in [3.8, 4) is 5.75 Å². The normalized spacial score (nSPS) is 13.8. The van der Waals surface area contributed by atoms with Crippen molar-refractivity contribution in [1.29, 1.82) is 0 Å². The minimum absolute atomic E-state index is 0.0435. The molecule has 1 rings (SSSR count). The molecule has 17 heavy (non-hydrogen) atoms. The van der Waals surface area contributed by atoms with Gasteiger partial charge < -0.3 is 20.6 Å². The fourth-order valence-electron chi connectivity index (χ4n) is 1.43. The maximum atomic E-state index is 10.9. The van der Waals surface area contributed by atoms with Crippen LogP contribution in [0, 0.1) is 0 Å². The van der Waals surface area contributed by atoms with Crippen LogP contribution in [0.15, 0.2) is 24.3 Å². The van der Waals surface area contributed by atoms with Gasteiger partial charge in [0.25, 0.3) is 0 Å². The third-order valence-corrected chi connectivity index (χ3v) is 2.11. The SMILES string of the molecule is CC(=O)NC(O)(Cc1cccc(O)c1)C(=O)O. The molecule has 0 aliphatic heterocycles. The molecule has 6 nitrogen and oxygen atoms in total. The predicted molar refractivity (Wildman–Crippen MR) is 58.2 cm³/mol. The molecule has 0 bridgehead atoms. The second-order valence-corrected chi connectivity index (χ2v) is 3.69. The van der Waals surface area contributed by atoms with E-state index in [4.69, 9.17) is 5.11 Å². The van der Waals surface area contributed by atoms with Gasteiger partial charge >= 0.3 is 5.97 Å². The van der Waals surface area contributed by atoms with Crippen molar-refractivity contribution >= 4 is 11.9 Å². The second kappa shape index (κ2) is 4.84. The maximum absolute atomic E-state index is 10.9. The Balaban J connectivity index is 2.94. The van der Waals surface area contributed by atoms with E-state index in [-0.39, 0.29) is 12.2 Å². The fraction of sp³-hybridized carbons (Fsp3) is 0.273. The number of carboxylic acid groups (broad SMARTS) is 1. The van der Waals surface area contributed by atoms with Crippen LogP contribution in [0.2, 0.25) is 0 Å². The van der Waals surface area contributed by atoms with E-state index in [0.717, 1.165) is 6.92 Å². The molecular formula is C11H13NO5. The molecule has 0 saturated carbocycles. The summed E-state index contributed by atoms with van der Waals surface area (Å²) in [5.74, 6) is -2.26. The molecule has 0 heterocycles. The number of rotatable bonds is 4. The number of aliphatic carboxylic acids is 1. The number of hydrogen-bond donors (Lipinski definition) is 4. The minimum atomic E-state index is -2.38. The van der Waals surface area contributed by atoms with Gasteiger partial charge in [-0.2, -0.15) is 0 Å². The number of nitrogens with one attached hydrogen (secondary N) is 1. The van der Waals surface area contributed by atoms with Gasteiger partial charge in [-0.05, 0) is 17.7 Å². The zero-order valence-electron chi connectivity index (χ0n) is 9.17. The number of hydrogen-bond acceptors (Lipinski definition) is 4. The van der Waals surface area contributed by atoms with Gasteiger partial charge in [0, 0.05) is 13.3 Å². The lowest BCUT2D eigenvalue weighted by atomic mass is 10.0. The third-order valence-electron chi connectivity index (χ3n) is 2.11. The first kappa shape index (κ1) is 13.0. The van der Waals surface area contributed by atoms with Gasteiger partial charge in [-0.1, -0.05) is 12.1 Å². The summed E-state index contributed by atoms with van der Waals surface area (Å²) < 4.78 is 0. The molecule has 1 atom stereocenters. The molecule has 1 amide bonds. The molecule has 0 aliphatic carbocycles. The number of phenolic OH excluding ortho intramolecular Hbond substituents is 1. The number of amides is 1. The van der Waals surface area contributed by atoms with Crippen molar-refractivity contribution in [3.05, 3.63) is 29.8 Å². The topological polar surface area (TPSA) is 107 Å². The maximum Gasteiger partial charge on any atom is 0.357 e. The van der Waals surface area contributed by atoms with Crippen LogP contribution in [0.3, 0.4) is 0 Å². The van der Waals surface area contributed by atoms with Gasteiger partial charge in [0.2, 0.25) is 11.6 Å². The van der Waals surface area contributed by atoms with Gasteiger partial charge in [-0.15, -0.1) is 0 Å². The highest BCUT2D eigenvalue weighted by atomic mass is 16.4. The Morgan fingerprint density at radius 1 is 1.41 bits per heavy atom. The van der Waals surface area contributed by atoms with Crippen molar-refractivity contribution in [2.24, 2.45) is 0 Å². The van der Waals surface area contributed by atoms with Gasteiger partial charge in [-0.3, -0.25) is 4.79 Å². The summed E-state index contributed by atoms with van der Waals surface area (Å²) in [5.41, 5.74) is -1.98. The lowest BCUT2D eigenvalue weighted by molar-refractivity contribution is -0.165. The van der Waals surface area contributed by atoms with E-state index < -0.39 is 17.6 Å². The number of phenols is 1. The number of carboxylic acids is 1. The molecule has 0 radical (unpaired) electrons. The quantitative estimate of drug-likeness (QED) is 0.546. The highest BCUT2D eigenvalue weighted by Gasteiger charge is 2.37. The second-order valence-electron chi connectivity index (χ2n) is 3.69. The van der Waals surface area contributed by atoms with Gasteiger partial charge in [0.05, 0.1) is 0 Å². The molecule has 4 N–H and O–H groups in total. The fourth-order valence-corrected chi connectivity index (χ4v) is 1.43. The first-order valence-electron chi connectivity index (χ1n) is 4.86. The largest absolute Gasteiger partial charge is 0.508 e. The number of benzene rings is 1. The summed E-state index contributed by atoms with van der Waals surface area (Å²) in [5, 5.41) is 29.8. The first-order valence-corrected chi connectivity index (χ1v) is 4.86. The Hall–Kier alpha value is -2.08. The first-order chi connectivity index (χ1) is 7.83. The van der Waals surface area contributed by atoms with E-state index in [1.165, 1.54) is 24.3 Å². The lowest BCUT2D eigenvalue weighted by Crippen LogP contribution is -2.55. The summed E-state index contributed by atoms with van der Waals surface area (Å²) in [6.07, 6.45) is -0.337. The number of carbonyl (C=O) groups excluding carboxylic acids is 1. The summed E-state index contributed by atoms with van der Waals surface area (Å²) in [6, 6.07) is 5.79. The summed E-state index contributed by atoms with van der Waals surface area (Å²) in [4.78, 5) is 21.8. The van der Waals surface area contributed by atoms with Crippen LogP contribution in [-0.2, 0) is 16.0 Å². The van der Waals surface area contributed by atoms with Crippen molar-refractivity contribution in [1.82, 2.24) is 5.32 Å². The molecule has 1 unspecified atom stereocenters. The van der Waals surface area contributed by atoms with Crippen LogP contribution in [0.4, 0.5) is 0 Å². The van der Waals surface area contributed by atoms with Crippen LogP contribution in [0.25, 0.3) is 0 Å². The van der Waals surface area contributed by atoms with Crippen molar-refractivity contribution < 1.29 is 24.9 Å². The molecule has 1 aromatic rings. The third kappa shape index (κ3) is 3.46. The van der Waals surface area contributed by atoms with Crippen LogP contribution >= 0.6 is 0 Å². The van der Waals surface area contributed by atoms with Crippen LogP contribution < -0.4 is 5.32 Å². The minimum Gasteiger partial charge on any atom is -0.508 e. The smallest absolute Gasteiger partial charge is 0.357 e. The average Bonchev–Trinajstić information content (AvgIpc) is 2.15. The zero-order chi connectivity index (χ0) is 13.1. The van der Waals surface area contributed by atoms with Gasteiger partial charge in [-0.25, -0.2) is 4.79 Å². The molecule has 6 heteroatoms. The number of aliphatic hydroxyl groups is 1. The predicted octanol–water partition coefficient (Wildman–Crippen LogP) is -0.156. The summed E-state index contributed by atoms with van der Waals surface area (Å²) in [6.45, 7) is 1.11. The van der Waals surface area contributed by atoms with Gasteiger partial charge in [0.15, 0.2) is 0 Å².